The maximum atomic E-state index is 14.7. The molecule has 60 heavy (non-hydrogen) atoms. The molecule has 1 aromatic carbocycles. The number of hydrogen-bond acceptors (Lipinski definition) is 11. The summed E-state index contributed by atoms with van der Waals surface area (Å²) in [5.74, 6) is -1.80. The molecule has 0 radical (unpaired) electrons. The van der Waals surface area contributed by atoms with Gasteiger partial charge in [-0.25, -0.2) is 15.2 Å². The van der Waals surface area contributed by atoms with Gasteiger partial charge in [-0.2, -0.15) is 0 Å². The molecular weight excluding hydrogens is 785 g/mol. The van der Waals surface area contributed by atoms with Gasteiger partial charge in [0.25, 0.3) is 5.91 Å². The Hall–Kier alpha value is -4.90. The number of amides is 4. The van der Waals surface area contributed by atoms with Crippen molar-refractivity contribution < 1.29 is 33.4 Å². The molecule has 3 aromatic heterocycles. The molecule has 5 heterocycles. The highest BCUT2D eigenvalue weighted by Crippen LogP contribution is 2.42. The van der Waals surface area contributed by atoms with Crippen LogP contribution in [0.1, 0.15) is 82.9 Å². The molecule has 0 saturated carbocycles. The van der Waals surface area contributed by atoms with E-state index in [4.69, 9.17) is 24.2 Å². The lowest BCUT2D eigenvalue weighted by Crippen LogP contribution is -2.63. The zero-order valence-electron chi connectivity index (χ0n) is 36.7. The van der Waals surface area contributed by atoms with E-state index in [0.717, 1.165) is 39.0 Å². The Labute approximate surface area is 356 Å². The lowest BCUT2D eigenvalue weighted by atomic mass is 9.84. The molecule has 2 aliphatic heterocycles. The third kappa shape index (κ3) is 8.92. The first-order valence-corrected chi connectivity index (χ1v) is 21.5. The smallest absolute Gasteiger partial charge is 0.324 e. The topological polar surface area (TPSA) is 160 Å². The van der Waals surface area contributed by atoms with E-state index < -0.39 is 47.4 Å². The van der Waals surface area contributed by atoms with Gasteiger partial charge in [-0.1, -0.05) is 33.8 Å². The molecule has 0 aliphatic carbocycles. The van der Waals surface area contributed by atoms with Crippen molar-refractivity contribution >= 4 is 46.1 Å². The summed E-state index contributed by atoms with van der Waals surface area (Å²) in [5.41, 5.74) is 9.10. The number of urea groups is 1. The van der Waals surface area contributed by atoms with E-state index >= 15 is 0 Å². The maximum Gasteiger partial charge on any atom is 0.324 e. The highest BCUT2D eigenvalue weighted by Gasteiger charge is 2.42. The molecule has 15 nitrogen and oxygen atoms in total. The van der Waals surface area contributed by atoms with Crippen molar-refractivity contribution in [3.63, 3.8) is 0 Å². The number of hydrazine groups is 1. The highest BCUT2D eigenvalue weighted by atomic mass is 32.1. The monoisotopic (exact) mass is 844 g/mol. The number of nitrogens with one attached hydrogen (secondary N) is 2. The Balaban J connectivity index is 1.52. The molecule has 2 aliphatic rings. The minimum Gasteiger partial charge on any atom is -0.464 e. The van der Waals surface area contributed by atoms with Crippen LogP contribution in [0.3, 0.4) is 0 Å². The van der Waals surface area contributed by atoms with E-state index in [2.05, 4.69) is 54.3 Å². The molecule has 6 rings (SSSR count). The summed E-state index contributed by atoms with van der Waals surface area (Å²) >= 11 is 1.33. The van der Waals surface area contributed by atoms with E-state index in [1.165, 1.54) is 33.3 Å². The average Bonchev–Trinajstić information content (AvgIpc) is 3.84. The maximum absolute atomic E-state index is 14.7. The number of aryl methyl sites for hydroxylation is 1. The van der Waals surface area contributed by atoms with Gasteiger partial charge in [0.2, 0.25) is 5.91 Å². The first-order chi connectivity index (χ1) is 28.5. The van der Waals surface area contributed by atoms with Gasteiger partial charge >= 0.3 is 12.0 Å². The number of carbonyl (C=O) groups excluding carboxylic acids is 4. The summed E-state index contributed by atoms with van der Waals surface area (Å²) in [4.78, 5) is 68.5. The molecule has 1 saturated heterocycles. The highest BCUT2D eigenvalue weighted by molar-refractivity contribution is 7.10. The van der Waals surface area contributed by atoms with Gasteiger partial charge in [0.05, 0.1) is 29.8 Å². The summed E-state index contributed by atoms with van der Waals surface area (Å²) in [5, 5.41) is 7.78. The number of nitrogens with zero attached hydrogens (tertiary/aromatic N) is 6. The van der Waals surface area contributed by atoms with Crippen molar-refractivity contribution in [1.82, 2.24) is 40.1 Å². The van der Waals surface area contributed by atoms with Crippen LogP contribution in [0.4, 0.5) is 4.79 Å². The number of thiazole rings is 1. The first kappa shape index (κ1) is 44.6. The minimum absolute atomic E-state index is 0.125. The summed E-state index contributed by atoms with van der Waals surface area (Å²) in [6, 6.07) is 6.99. The summed E-state index contributed by atoms with van der Waals surface area (Å²) < 4.78 is 20.3. The van der Waals surface area contributed by atoms with Gasteiger partial charge in [-0.3, -0.25) is 24.4 Å². The average molecular weight is 845 g/mol. The van der Waals surface area contributed by atoms with Gasteiger partial charge in [0.15, 0.2) is 0 Å². The van der Waals surface area contributed by atoms with E-state index in [0.29, 0.717) is 36.5 Å². The van der Waals surface area contributed by atoms with Crippen molar-refractivity contribution in [2.75, 3.05) is 48.5 Å². The molecule has 5 atom stereocenters. The fourth-order valence-electron chi connectivity index (χ4n) is 8.43. The van der Waals surface area contributed by atoms with E-state index in [1.807, 2.05) is 38.3 Å². The molecule has 2 N–H and O–H groups in total. The Morgan fingerprint density at radius 1 is 1.13 bits per heavy atom. The number of fused-ring (bicyclic) bond motifs is 6. The number of ether oxygens (including phenoxy) is 3. The predicted molar refractivity (Wildman–Crippen MR) is 231 cm³/mol. The number of carbonyl (C=O) groups is 4. The first-order valence-electron chi connectivity index (χ1n) is 20.6. The van der Waals surface area contributed by atoms with Gasteiger partial charge in [0, 0.05) is 87.5 Å². The molecule has 1 fully saturated rings. The van der Waals surface area contributed by atoms with Crippen LogP contribution < -0.4 is 10.7 Å². The Morgan fingerprint density at radius 2 is 1.88 bits per heavy atom. The number of hydrogen-bond donors (Lipinski definition) is 2. The molecule has 324 valence electrons. The van der Waals surface area contributed by atoms with Gasteiger partial charge in [-0.05, 0) is 68.9 Å². The number of cyclic esters (lactones) is 1. The summed E-state index contributed by atoms with van der Waals surface area (Å²) in [7, 11) is 7.96. The van der Waals surface area contributed by atoms with Crippen LogP contribution in [0.25, 0.3) is 33.4 Å². The van der Waals surface area contributed by atoms with E-state index in [-0.39, 0.29) is 31.2 Å². The van der Waals surface area contributed by atoms with Crippen molar-refractivity contribution in [2.24, 2.45) is 11.3 Å². The standard InChI is InChI=1S/C44H60N8O7S/c1-12-51-33-18-17-27-21-29(33)30(37(51)28-15-13-19-45-34(28)26(4)57-10)22-44(5,6)24-59-42(55)31-16-14-20-52(48-31)41(54)35(38(58-11)40-46-32(27)23-60-40)47-39(53)36(25(2)3)50(9)43(56)49(7)8/h13,15,17-19,21,23,25-26,31,35-36,38,48H,12,14,16,20,22,24H2,1-11H3,(H,47,53)/t26-,31-,35-,36?,38-/m0/s1. The van der Waals surface area contributed by atoms with Crippen LogP contribution >= 0.6 is 11.3 Å². The van der Waals surface area contributed by atoms with Crippen molar-refractivity contribution in [2.45, 2.75) is 97.7 Å². The van der Waals surface area contributed by atoms with Crippen LogP contribution in [0, 0.1) is 11.3 Å². The normalized spacial score (nSPS) is 20.7. The van der Waals surface area contributed by atoms with Crippen LogP contribution in [-0.2, 0) is 41.6 Å². The zero-order chi connectivity index (χ0) is 43.6. The second-order valence-corrected chi connectivity index (χ2v) is 18.0. The number of pyridine rings is 1. The molecule has 16 heteroatoms. The molecule has 6 bridgehead atoms. The number of benzene rings is 1. The minimum atomic E-state index is -1.27. The van der Waals surface area contributed by atoms with Crippen LogP contribution in [0.15, 0.2) is 41.9 Å². The second-order valence-electron chi connectivity index (χ2n) is 17.1. The van der Waals surface area contributed by atoms with Gasteiger partial charge < -0.3 is 33.9 Å². The zero-order valence-corrected chi connectivity index (χ0v) is 37.5. The number of likely N-dealkylation sites (N-methyl/N-ethyl adjacent to an activating group) is 1. The molecular formula is C44H60N8O7S. The molecule has 1 unspecified atom stereocenters. The second kappa shape index (κ2) is 18.4. The van der Waals surface area contributed by atoms with Gasteiger partial charge in [0.1, 0.15) is 29.2 Å². The van der Waals surface area contributed by atoms with Crippen molar-refractivity contribution in [1.29, 1.82) is 0 Å². The van der Waals surface area contributed by atoms with Crippen LogP contribution in [0.2, 0.25) is 0 Å². The quantitative estimate of drug-likeness (QED) is 0.192. The fourth-order valence-corrected chi connectivity index (χ4v) is 9.37. The number of aromatic nitrogens is 3. The number of esters is 1. The third-order valence-electron chi connectivity index (χ3n) is 11.5. The molecule has 4 amide bonds. The third-order valence-corrected chi connectivity index (χ3v) is 12.4. The van der Waals surface area contributed by atoms with Crippen molar-refractivity contribution in [3.8, 4) is 22.5 Å². The van der Waals surface area contributed by atoms with Crippen molar-refractivity contribution in [3.05, 3.63) is 58.2 Å². The van der Waals surface area contributed by atoms with Gasteiger partial charge in [-0.15, -0.1) is 11.3 Å². The SMILES string of the molecule is CCn1c(-c2cccnc2[C@H](C)OC)c2c3cc(ccc31)-c1csc(n1)[C@@H](OC)[C@H](NC(=O)C(C(C)C)N(C)C(=O)N(C)C)C(=O)N1CCC[C@H](N1)C(=O)OCC(C)(C)C2. The number of methoxy groups -OCH3 is 2. The molecule has 0 spiro atoms. The molecule has 4 aromatic rings. The lowest BCUT2D eigenvalue weighted by Gasteiger charge is -2.38. The Kier molecular flexibility index (Phi) is 13.7. The van der Waals surface area contributed by atoms with E-state index in [1.54, 1.807) is 34.4 Å². The Bertz CT molecular complexity index is 2220. The fraction of sp³-hybridized carbons (Fsp3) is 0.545. The van der Waals surface area contributed by atoms with E-state index in [9.17, 15) is 19.2 Å². The summed E-state index contributed by atoms with van der Waals surface area (Å²) in [6.45, 7) is 13.1. The Morgan fingerprint density at radius 3 is 2.55 bits per heavy atom. The summed E-state index contributed by atoms with van der Waals surface area (Å²) in [6.07, 6.45) is 2.05. The van der Waals surface area contributed by atoms with Crippen LogP contribution in [0.5, 0.6) is 0 Å². The lowest BCUT2D eigenvalue weighted by molar-refractivity contribution is -0.156. The van der Waals surface area contributed by atoms with Crippen LogP contribution in [-0.4, -0.2) is 120 Å². The largest absolute Gasteiger partial charge is 0.464 e. The number of rotatable bonds is 9. The predicted octanol–water partition coefficient (Wildman–Crippen LogP) is 5.99.